The van der Waals surface area contributed by atoms with Gasteiger partial charge in [-0.3, -0.25) is 4.79 Å². The zero-order valence-corrected chi connectivity index (χ0v) is 29.7. The van der Waals surface area contributed by atoms with Gasteiger partial charge >= 0.3 is 12.1 Å². The number of hydrogen-bond acceptors (Lipinski definition) is 8. The third-order valence-electron chi connectivity index (χ3n) is 6.75. The molecule has 0 aliphatic carbocycles. The van der Waals surface area contributed by atoms with Gasteiger partial charge < -0.3 is 19.5 Å². The summed E-state index contributed by atoms with van der Waals surface area (Å²) in [4.78, 5) is 40.7. The number of carboxylic acid groups (broad SMARTS) is 1. The molecule has 4 rings (SSSR count). The number of alkyl halides is 3. The van der Waals surface area contributed by atoms with Crippen molar-refractivity contribution in [1.29, 1.82) is 0 Å². The molecule has 2 unspecified atom stereocenters. The molecule has 7 nitrogen and oxygen atoms in total. The Labute approximate surface area is 292 Å². The Kier molecular flexibility index (Phi) is 12.9. The molecule has 1 aliphatic heterocycles. The molecule has 1 amide bonds. The highest BCUT2D eigenvalue weighted by molar-refractivity contribution is 8.47. The lowest BCUT2D eigenvalue weighted by molar-refractivity contribution is -0.170. The molecular formula is C31H29Cl3NO6PS3. The molecule has 3 aromatic carbocycles. The van der Waals surface area contributed by atoms with E-state index in [9.17, 15) is 19.5 Å². The molecule has 4 atom stereocenters. The summed E-state index contributed by atoms with van der Waals surface area (Å²) in [5.41, 5.74) is 0.492. The quantitative estimate of drug-likeness (QED) is 0.0730. The summed E-state index contributed by atoms with van der Waals surface area (Å²) in [5, 5.41) is 12.9. The van der Waals surface area contributed by atoms with Gasteiger partial charge in [-0.1, -0.05) is 151 Å². The lowest BCUT2D eigenvalue weighted by atomic mass is 9.89. The van der Waals surface area contributed by atoms with E-state index in [1.807, 2.05) is 79.7 Å². The SMILES string of the molecule is CCSC(=S)S[C@@H]1[C@@H](C(C)OC(=O)OCC(Cl)(Cl)Cl)C(=O)N1C(C(=O)O)c1ccccc1P(c1ccccc1)c1ccccc1. The number of hydrogen-bond donors (Lipinski definition) is 1. The predicted molar refractivity (Wildman–Crippen MR) is 190 cm³/mol. The van der Waals surface area contributed by atoms with Crippen LogP contribution in [-0.4, -0.2) is 59.2 Å². The third kappa shape index (κ3) is 9.07. The van der Waals surface area contributed by atoms with E-state index in [0.717, 1.165) is 15.9 Å². The number of rotatable bonds is 11. The monoisotopic (exact) mass is 743 g/mol. The maximum Gasteiger partial charge on any atom is 0.508 e. The Hall–Kier alpha value is -2.04. The highest BCUT2D eigenvalue weighted by atomic mass is 35.6. The number of aliphatic carboxylic acids is 1. The lowest BCUT2D eigenvalue weighted by Gasteiger charge is -2.50. The first kappa shape index (κ1) is 35.8. The van der Waals surface area contributed by atoms with E-state index in [0.29, 0.717) is 14.8 Å². The summed E-state index contributed by atoms with van der Waals surface area (Å²) >= 11 is 25.2. The van der Waals surface area contributed by atoms with Gasteiger partial charge in [0.2, 0.25) is 9.70 Å². The van der Waals surface area contributed by atoms with Crippen molar-refractivity contribution >= 4 is 116 Å². The Morgan fingerprint density at radius 2 is 1.56 bits per heavy atom. The van der Waals surface area contributed by atoms with Crippen LogP contribution in [-0.2, 0) is 19.1 Å². The third-order valence-corrected chi connectivity index (χ3v) is 12.4. The highest BCUT2D eigenvalue weighted by Crippen LogP contribution is 2.47. The van der Waals surface area contributed by atoms with E-state index >= 15 is 0 Å². The van der Waals surface area contributed by atoms with Crippen molar-refractivity contribution in [3.05, 3.63) is 90.5 Å². The van der Waals surface area contributed by atoms with Crippen LogP contribution in [0.25, 0.3) is 0 Å². The summed E-state index contributed by atoms with van der Waals surface area (Å²) in [5.74, 6) is -1.90. The van der Waals surface area contributed by atoms with Crippen molar-refractivity contribution in [1.82, 2.24) is 4.90 Å². The van der Waals surface area contributed by atoms with Gasteiger partial charge in [0.15, 0.2) is 6.04 Å². The molecule has 3 aromatic rings. The molecule has 45 heavy (non-hydrogen) atoms. The zero-order chi connectivity index (χ0) is 32.7. The van der Waals surface area contributed by atoms with Gasteiger partial charge in [-0.05, 0) is 42.1 Å². The number of benzene rings is 3. The van der Waals surface area contributed by atoms with Crippen molar-refractivity contribution in [3.63, 3.8) is 0 Å². The maximum absolute atomic E-state index is 13.9. The molecular weight excluding hydrogens is 716 g/mol. The van der Waals surface area contributed by atoms with Crippen LogP contribution in [0.2, 0.25) is 0 Å². The minimum absolute atomic E-state index is 0.492. The van der Waals surface area contributed by atoms with Crippen LogP contribution >= 0.6 is 78.5 Å². The van der Waals surface area contributed by atoms with Crippen molar-refractivity contribution in [2.24, 2.45) is 5.92 Å². The fourth-order valence-electron chi connectivity index (χ4n) is 4.90. The number of ether oxygens (including phenoxy) is 2. The number of carbonyl (C=O) groups is 3. The summed E-state index contributed by atoms with van der Waals surface area (Å²) in [7, 11) is -1.19. The molecule has 0 radical (unpaired) electrons. The molecule has 0 spiro atoms. The number of likely N-dealkylation sites (tertiary alicyclic amines) is 1. The first-order valence-corrected chi connectivity index (χ1v) is 18.5. The molecule has 1 aliphatic rings. The van der Waals surface area contributed by atoms with E-state index in [-0.39, 0.29) is 0 Å². The van der Waals surface area contributed by atoms with E-state index in [1.54, 1.807) is 12.1 Å². The van der Waals surface area contributed by atoms with E-state index in [4.69, 9.17) is 56.5 Å². The fraction of sp³-hybridized carbons (Fsp3) is 0.290. The predicted octanol–water partition coefficient (Wildman–Crippen LogP) is 7.04. The Balaban J connectivity index is 1.73. The molecule has 1 saturated heterocycles. The van der Waals surface area contributed by atoms with E-state index in [2.05, 4.69) is 0 Å². The topological polar surface area (TPSA) is 93.1 Å². The number of halogens is 3. The standard InChI is InChI=1S/C31H29Cl3NO6PS3/c1-3-44-30(43)45-27-24(19(2)41-29(39)40-18-31(32,33)34)26(36)35(27)25(28(37)38)22-16-10-11-17-23(22)42(20-12-6-4-7-13-20)21-14-8-5-9-15-21/h4-17,19,24-25,27H,3,18H2,1-2H3,(H,37,38)/t19?,24-,25?,27+/m0/s1. The second-order valence-corrected chi connectivity index (χ2v) is 18.0. The van der Waals surface area contributed by atoms with Crippen LogP contribution in [0.4, 0.5) is 4.79 Å². The number of carboxylic acids is 1. The number of β-lactam (4-membered cyclic amide) rings is 1. The smallest absolute Gasteiger partial charge is 0.479 e. The van der Waals surface area contributed by atoms with Crippen LogP contribution in [0.5, 0.6) is 0 Å². The fourth-order valence-corrected chi connectivity index (χ4v) is 10.4. The lowest BCUT2D eigenvalue weighted by Crippen LogP contribution is -2.65. The van der Waals surface area contributed by atoms with Gasteiger partial charge in [0.05, 0.1) is 0 Å². The number of amides is 1. The van der Waals surface area contributed by atoms with Crippen LogP contribution in [0.3, 0.4) is 0 Å². The van der Waals surface area contributed by atoms with Crippen LogP contribution in [0.15, 0.2) is 84.9 Å². The van der Waals surface area contributed by atoms with Crippen molar-refractivity contribution in [2.75, 3.05) is 12.4 Å². The molecule has 0 bridgehead atoms. The minimum atomic E-state index is -1.84. The summed E-state index contributed by atoms with van der Waals surface area (Å²) in [6, 6.07) is 25.8. The Bertz CT molecular complexity index is 1480. The van der Waals surface area contributed by atoms with E-state index < -0.39 is 59.8 Å². The molecule has 0 aromatic heterocycles. The van der Waals surface area contributed by atoms with Crippen LogP contribution in [0, 0.1) is 5.92 Å². The van der Waals surface area contributed by atoms with Crippen molar-refractivity contribution in [3.8, 4) is 0 Å². The summed E-state index contributed by atoms with van der Waals surface area (Å²) in [6.45, 7) is 2.93. The molecule has 1 N–H and O–H groups in total. The van der Waals surface area contributed by atoms with Crippen LogP contribution in [0.1, 0.15) is 25.5 Å². The van der Waals surface area contributed by atoms with Gasteiger partial charge in [-0.2, -0.15) is 0 Å². The molecule has 14 heteroatoms. The molecule has 1 fully saturated rings. The summed E-state index contributed by atoms with van der Waals surface area (Å²) in [6.07, 6.45) is -2.11. The van der Waals surface area contributed by atoms with Crippen molar-refractivity contribution < 1.29 is 29.0 Å². The Morgan fingerprint density at radius 3 is 2.09 bits per heavy atom. The largest absolute Gasteiger partial charge is 0.508 e. The normalized spacial score (nSPS) is 17.7. The minimum Gasteiger partial charge on any atom is -0.479 e. The van der Waals surface area contributed by atoms with Gasteiger partial charge in [0.25, 0.3) is 0 Å². The van der Waals surface area contributed by atoms with Gasteiger partial charge in [0, 0.05) is 0 Å². The number of nitrogens with zero attached hydrogens (tertiary/aromatic N) is 1. The maximum atomic E-state index is 13.9. The first-order valence-electron chi connectivity index (χ1n) is 13.7. The number of carbonyl (C=O) groups excluding carboxylic acids is 2. The number of thiocarbonyl (C=S) groups is 1. The average Bonchev–Trinajstić information content (AvgIpc) is 3.00. The van der Waals surface area contributed by atoms with Crippen LogP contribution < -0.4 is 15.9 Å². The number of thioether (sulfide) groups is 2. The highest BCUT2D eigenvalue weighted by Gasteiger charge is 2.57. The molecule has 238 valence electrons. The molecule has 1 heterocycles. The Morgan fingerprint density at radius 1 is 1.00 bits per heavy atom. The first-order chi connectivity index (χ1) is 21.4. The summed E-state index contributed by atoms with van der Waals surface area (Å²) < 4.78 is 8.95. The zero-order valence-electron chi connectivity index (χ0n) is 24.0. The van der Waals surface area contributed by atoms with Crippen molar-refractivity contribution in [2.45, 2.75) is 35.2 Å². The van der Waals surface area contributed by atoms with Gasteiger partial charge in [-0.15, -0.1) is 11.8 Å². The second kappa shape index (κ2) is 16.2. The molecule has 0 saturated carbocycles. The van der Waals surface area contributed by atoms with Gasteiger partial charge in [-0.25, -0.2) is 9.59 Å². The van der Waals surface area contributed by atoms with Gasteiger partial charge in [0.1, 0.15) is 27.5 Å². The van der Waals surface area contributed by atoms with E-state index in [1.165, 1.54) is 35.3 Å². The second-order valence-electron chi connectivity index (χ2n) is 9.75. The average molecular weight is 745 g/mol.